The maximum absolute atomic E-state index is 15.5. The van der Waals surface area contributed by atoms with Crippen LogP contribution in [0.4, 0.5) is 18.4 Å². The summed E-state index contributed by atoms with van der Waals surface area (Å²) in [4.78, 5) is 86.8. The predicted molar refractivity (Wildman–Crippen MR) is 229 cm³/mol. The third-order valence-electron chi connectivity index (χ3n) is 11.1. The minimum atomic E-state index is -1.29. The average molecular weight is 907 g/mol. The Labute approximate surface area is 375 Å². The molecule has 1 aromatic heterocycles. The van der Waals surface area contributed by atoms with Crippen LogP contribution < -0.4 is 5.32 Å². The predicted octanol–water partition coefficient (Wildman–Crippen LogP) is 5.03. The quantitative estimate of drug-likeness (QED) is 0.0826. The molecule has 3 aliphatic rings. The lowest BCUT2D eigenvalue weighted by molar-refractivity contribution is -0.160. The van der Waals surface area contributed by atoms with E-state index in [1.165, 1.54) is 35.8 Å². The van der Waals surface area contributed by atoms with E-state index in [0.29, 0.717) is 31.9 Å². The normalized spacial score (nSPS) is 18.7. The van der Waals surface area contributed by atoms with Crippen LogP contribution in [0.15, 0.2) is 66.9 Å². The van der Waals surface area contributed by atoms with Gasteiger partial charge in [-0.15, -0.1) is 0 Å². The lowest BCUT2D eigenvalue weighted by Gasteiger charge is -2.41. The Balaban J connectivity index is 1.34. The van der Waals surface area contributed by atoms with Crippen molar-refractivity contribution in [2.45, 2.75) is 77.9 Å². The number of amides is 5. The van der Waals surface area contributed by atoms with E-state index < -0.39 is 77.3 Å². The Hall–Kier alpha value is -6.21. The minimum absolute atomic E-state index is 0.000787. The lowest BCUT2D eigenvalue weighted by atomic mass is 9.88. The van der Waals surface area contributed by atoms with Crippen LogP contribution in [-0.4, -0.2) is 137 Å². The molecule has 0 unspecified atom stereocenters. The number of benzene rings is 2. The molecule has 4 heterocycles. The first kappa shape index (κ1) is 48.3. The number of rotatable bonds is 17. The summed E-state index contributed by atoms with van der Waals surface area (Å²) in [6.45, 7) is 8.59. The molecule has 3 aromatic rings. The van der Waals surface area contributed by atoms with Crippen LogP contribution in [0.3, 0.4) is 0 Å². The van der Waals surface area contributed by atoms with Crippen LogP contribution >= 0.6 is 0 Å². The number of nitrogens with zero attached hydrogens (tertiary/aromatic N) is 5. The van der Waals surface area contributed by atoms with Gasteiger partial charge in [-0.05, 0) is 70.2 Å². The number of carbonyl (C=O) groups excluding carboxylic acids is 6. The van der Waals surface area contributed by atoms with E-state index in [4.69, 9.17) is 28.7 Å². The highest BCUT2D eigenvalue weighted by Crippen LogP contribution is 2.39. The molecular weight excluding hydrogens is 851 g/mol. The van der Waals surface area contributed by atoms with E-state index in [1.54, 1.807) is 31.5 Å². The highest BCUT2D eigenvalue weighted by molar-refractivity contribution is 6.12. The third kappa shape index (κ3) is 13.0. The fourth-order valence-electron chi connectivity index (χ4n) is 8.10. The number of alkyl carbamates (subject to hydrolysis) is 1. The van der Waals surface area contributed by atoms with Crippen molar-refractivity contribution >= 4 is 35.9 Å². The molecular formula is C46H56F2N6O11. The topological polar surface area (TPSA) is 188 Å². The monoisotopic (exact) mass is 906 g/mol. The van der Waals surface area contributed by atoms with Crippen LogP contribution in [0, 0.1) is 23.5 Å². The van der Waals surface area contributed by atoms with E-state index in [-0.39, 0.29) is 69.7 Å². The van der Waals surface area contributed by atoms with Gasteiger partial charge in [0.2, 0.25) is 0 Å². The Morgan fingerprint density at radius 2 is 1.69 bits per heavy atom. The number of aromatic nitrogens is 2. The zero-order valence-electron chi connectivity index (χ0n) is 37.2. The fraction of sp³-hybridized carbons (Fsp3) is 0.500. The summed E-state index contributed by atoms with van der Waals surface area (Å²) in [5.74, 6) is -4.25. The number of carbonyl (C=O) groups is 6. The second kappa shape index (κ2) is 21.6. The number of halogens is 2. The first-order chi connectivity index (χ1) is 31.0. The minimum Gasteiger partial charge on any atom is -0.453 e. The van der Waals surface area contributed by atoms with Crippen LogP contribution in [-0.2, 0) is 49.4 Å². The molecule has 6 rings (SSSR count). The molecule has 0 radical (unpaired) electrons. The SMILES string of the molecule is CC(=O)O[C@@H](C)C(=O)N(C[C@H]1CN(C(=O)OC(C)(C)C)C[C@@H]1OC(=O)NCCOCCN1C(=O)C=CC1=O)[C@@H](c1nc(-c2cc(F)ccc2F)cn1Cc1ccccc1)C1CCOCC1. The van der Waals surface area contributed by atoms with Crippen molar-refractivity contribution in [2.24, 2.45) is 11.8 Å². The molecule has 19 heteroatoms. The van der Waals surface area contributed by atoms with Gasteiger partial charge in [0.25, 0.3) is 17.7 Å². The van der Waals surface area contributed by atoms with Crippen LogP contribution in [0.25, 0.3) is 11.3 Å². The summed E-state index contributed by atoms with van der Waals surface area (Å²) in [6, 6.07) is 11.6. The van der Waals surface area contributed by atoms with E-state index in [9.17, 15) is 33.2 Å². The van der Waals surface area contributed by atoms with Gasteiger partial charge in [0.1, 0.15) is 29.2 Å². The van der Waals surface area contributed by atoms with Gasteiger partial charge in [-0.3, -0.25) is 24.1 Å². The largest absolute Gasteiger partial charge is 0.453 e. The summed E-state index contributed by atoms with van der Waals surface area (Å²) in [5, 5.41) is 2.63. The van der Waals surface area contributed by atoms with Crippen molar-refractivity contribution in [3.8, 4) is 11.3 Å². The highest BCUT2D eigenvalue weighted by atomic mass is 19.1. The molecule has 5 amide bonds. The van der Waals surface area contributed by atoms with Gasteiger partial charge in [-0.2, -0.15) is 0 Å². The number of esters is 1. The molecule has 0 aliphatic carbocycles. The van der Waals surface area contributed by atoms with Crippen molar-refractivity contribution in [1.82, 2.24) is 29.6 Å². The standard InChI is InChI=1S/C46H56F2N6O11/c1-29(63-30(2)55)43(58)54(26-33-25-52(45(60)65-46(3,4)5)28-38(33)64-44(59)49-17-21-62-22-18-53-39(56)13-14-40(53)57)41(32-15-19-61-20-16-32)42-50-37(35-23-34(47)11-12-36(35)48)27-51(42)24-31-9-7-6-8-10-31/h6-14,23,27,29,32-33,38,41H,15-22,24-26,28H2,1-5H3,(H,49,59)/t29-,33+,38-,41+/m0/s1. The zero-order valence-corrected chi connectivity index (χ0v) is 37.2. The van der Waals surface area contributed by atoms with Crippen LogP contribution in [0.5, 0.6) is 0 Å². The summed E-state index contributed by atoms with van der Waals surface area (Å²) >= 11 is 0. The van der Waals surface area contributed by atoms with E-state index in [2.05, 4.69) is 5.32 Å². The fourth-order valence-corrected chi connectivity index (χ4v) is 8.10. The second-order valence-electron chi connectivity index (χ2n) is 17.1. The first-order valence-corrected chi connectivity index (χ1v) is 21.6. The van der Waals surface area contributed by atoms with Crippen LogP contribution in [0.2, 0.25) is 0 Å². The smallest absolute Gasteiger partial charge is 0.410 e. The molecule has 0 spiro atoms. The summed E-state index contributed by atoms with van der Waals surface area (Å²) < 4.78 is 60.4. The van der Waals surface area contributed by atoms with E-state index in [1.807, 2.05) is 30.3 Å². The first-order valence-electron chi connectivity index (χ1n) is 21.6. The Bertz CT molecular complexity index is 2210. The van der Waals surface area contributed by atoms with Gasteiger partial charge in [0.05, 0.1) is 38.0 Å². The lowest BCUT2D eigenvalue weighted by Crippen LogP contribution is -2.50. The summed E-state index contributed by atoms with van der Waals surface area (Å²) in [5.41, 5.74) is 0.0352. The number of ether oxygens (including phenoxy) is 5. The highest BCUT2D eigenvalue weighted by Gasteiger charge is 2.45. The molecule has 2 fully saturated rings. The van der Waals surface area contributed by atoms with E-state index >= 15 is 4.39 Å². The molecule has 2 saturated heterocycles. The van der Waals surface area contributed by atoms with Crippen LogP contribution in [0.1, 0.15) is 64.9 Å². The second-order valence-corrected chi connectivity index (χ2v) is 17.1. The number of hydrogen-bond donors (Lipinski definition) is 1. The number of nitrogens with one attached hydrogen (secondary N) is 1. The van der Waals surface area contributed by atoms with Crippen molar-refractivity contribution in [3.05, 3.63) is 89.9 Å². The Kier molecular flexibility index (Phi) is 16.1. The molecule has 0 bridgehead atoms. The number of hydrogen-bond acceptors (Lipinski definition) is 12. The van der Waals surface area contributed by atoms with Gasteiger partial charge in [0, 0.05) is 76.1 Å². The number of imidazole rings is 1. The summed E-state index contributed by atoms with van der Waals surface area (Å²) in [7, 11) is 0. The van der Waals surface area contributed by atoms with Crippen molar-refractivity contribution < 1.29 is 61.2 Å². The Morgan fingerprint density at radius 1 is 0.985 bits per heavy atom. The molecule has 350 valence electrons. The molecule has 3 aliphatic heterocycles. The van der Waals surface area contributed by atoms with Crippen molar-refractivity contribution in [2.75, 3.05) is 59.2 Å². The molecule has 0 saturated carbocycles. The van der Waals surface area contributed by atoms with Crippen molar-refractivity contribution in [1.29, 1.82) is 0 Å². The zero-order chi connectivity index (χ0) is 46.8. The summed E-state index contributed by atoms with van der Waals surface area (Å²) in [6.07, 6.45) is 1.13. The van der Waals surface area contributed by atoms with Gasteiger partial charge >= 0.3 is 18.2 Å². The van der Waals surface area contributed by atoms with Gasteiger partial charge in [0.15, 0.2) is 6.10 Å². The van der Waals surface area contributed by atoms with Gasteiger partial charge < -0.3 is 43.4 Å². The number of imide groups is 1. The molecule has 2 aromatic carbocycles. The third-order valence-corrected chi connectivity index (χ3v) is 11.1. The molecule has 17 nitrogen and oxygen atoms in total. The molecule has 65 heavy (non-hydrogen) atoms. The Morgan fingerprint density at radius 3 is 2.37 bits per heavy atom. The van der Waals surface area contributed by atoms with Gasteiger partial charge in [-0.1, -0.05) is 30.3 Å². The van der Waals surface area contributed by atoms with E-state index in [0.717, 1.165) is 28.7 Å². The molecule has 4 atom stereocenters. The van der Waals surface area contributed by atoms with Gasteiger partial charge in [-0.25, -0.2) is 23.4 Å². The number of likely N-dealkylation sites (tertiary alicyclic amines) is 1. The average Bonchev–Trinajstić information content (AvgIpc) is 3.95. The maximum Gasteiger partial charge on any atom is 0.410 e. The molecule has 1 N–H and O–H groups in total. The van der Waals surface area contributed by atoms with Crippen molar-refractivity contribution in [3.63, 3.8) is 0 Å². The maximum atomic E-state index is 15.5.